The molecular weight excluding hydrogens is 278 g/mol. The maximum atomic E-state index is 6.11. The number of anilines is 1. The van der Waals surface area contributed by atoms with Gasteiger partial charge in [-0.05, 0) is 17.7 Å². The lowest BCUT2D eigenvalue weighted by atomic mass is 10.1. The van der Waals surface area contributed by atoms with E-state index >= 15 is 0 Å². The van der Waals surface area contributed by atoms with E-state index in [1.165, 1.54) is 0 Å². The zero-order chi connectivity index (χ0) is 15.5. The summed E-state index contributed by atoms with van der Waals surface area (Å²) >= 11 is 0. The zero-order valence-electron chi connectivity index (χ0n) is 12.2. The van der Waals surface area contributed by atoms with Crippen LogP contribution in [0.3, 0.4) is 0 Å². The van der Waals surface area contributed by atoms with Crippen molar-refractivity contribution in [2.75, 3.05) is 12.0 Å². The highest BCUT2D eigenvalue weighted by molar-refractivity contribution is 6.05. The number of para-hydroxylation sites is 2. The molecule has 0 unspecified atom stereocenters. The van der Waals surface area contributed by atoms with Gasteiger partial charge in [0.15, 0.2) is 6.17 Å². The summed E-state index contributed by atoms with van der Waals surface area (Å²) in [6, 6.07) is 17.4. The summed E-state index contributed by atoms with van der Waals surface area (Å²) in [7, 11) is 1.62. The van der Waals surface area contributed by atoms with Gasteiger partial charge in [-0.1, -0.05) is 42.5 Å². The first kappa shape index (κ1) is 13.9. The molecule has 0 bridgehead atoms. The molecule has 4 N–H and O–H groups in total. The first-order chi connectivity index (χ1) is 10.7. The second kappa shape index (κ2) is 5.77. The second-order valence-electron chi connectivity index (χ2n) is 4.78. The standard InChI is InChI=1S/C16H17N5O/c1-22-13-10-6-5-9-12(13)21-14(11-7-3-2-4-8-11)19-15(17)20-16(21)18/h2-10,14H,1H3,(H4,17,18,19,20)/t14-/m1/s1. The number of benzene rings is 2. The third kappa shape index (κ3) is 2.46. The minimum atomic E-state index is -0.380. The van der Waals surface area contributed by atoms with Crippen LogP contribution < -0.4 is 21.1 Å². The smallest absolute Gasteiger partial charge is 0.221 e. The number of aliphatic imine (C=N–C) groups is 2. The van der Waals surface area contributed by atoms with Crippen molar-refractivity contribution in [2.45, 2.75) is 6.17 Å². The van der Waals surface area contributed by atoms with E-state index in [0.29, 0.717) is 5.75 Å². The fourth-order valence-corrected chi connectivity index (χ4v) is 2.44. The number of hydrogen-bond donors (Lipinski definition) is 2. The summed E-state index contributed by atoms with van der Waals surface area (Å²) in [5.74, 6) is 1.14. The van der Waals surface area contributed by atoms with Crippen molar-refractivity contribution >= 4 is 17.6 Å². The van der Waals surface area contributed by atoms with Gasteiger partial charge >= 0.3 is 0 Å². The molecule has 0 aliphatic carbocycles. The van der Waals surface area contributed by atoms with Crippen LogP contribution in [0.5, 0.6) is 5.75 Å². The Labute approximate surface area is 128 Å². The molecule has 1 heterocycles. The fraction of sp³-hybridized carbons (Fsp3) is 0.125. The zero-order valence-corrected chi connectivity index (χ0v) is 12.2. The highest BCUT2D eigenvalue weighted by atomic mass is 16.5. The minimum absolute atomic E-state index is 0.164. The van der Waals surface area contributed by atoms with Gasteiger partial charge in [0.2, 0.25) is 11.9 Å². The molecule has 0 radical (unpaired) electrons. The van der Waals surface area contributed by atoms with Crippen LogP contribution in [-0.4, -0.2) is 19.0 Å². The minimum Gasteiger partial charge on any atom is -0.495 e. The van der Waals surface area contributed by atoms with Gasteiger partial charge < -0.3 is 16.2 Å². The van der Waals surface area contributed by atoms with Crippen LogP contribution in [0.4, 0.5) is 5.69 Å². The lowest BCUT2D eigenvalue weighted by Gasteiger charge is -2.33. The molecule has 0 fully saturated rings. The van der Waals surface area contributed by atoms with E-state index in [1.54, 1.807) is 7.11 Å². The second-order valence-corrected chi connectivity index (χ2v) is 4.78. The summed E-state index contributed by atoms with van der Waals surface area (Å²) in [5.41, 5.74) is 13.7. The summed E-state index contributed by atoms with van der Waals surface area (Å²) in [5, 5.41) is 0. The molecule has 2 aromatic rings. The number of ether oxygens (including phenoxy) is 1. The van der Waals surface area contributed by atoms with Gasteiger partial charge in [-0.25, -0.2) is 4.99 Å². The van der Waals surface area contributed by atoms with Gasteiger partial charge in [0.05, 0.1) is 12.8 Å². The molecule has 0 saturated heterocycles. The van der Waals surface area contributed by atoms with Crippen molar-refractivity contribution in [1.29, 1.82) is 0 Å². The number of guanidine groups is 2. The summed E-state index contributed by atoms with van der Waals surface area (Å²) < 4.78 is 5.43. The Morgan fingerprint density at radius 3 is 2.41 bits per heavy atom. The maximum Gasteiger partial charge on any atom is 0.221 e. The van der Waals surface area contributed by atoms with Crippen molar-refractivity contribution in [3.05, 3.63) is 60.2 Å². The van der Waals surface area contributed by atoms with Gasteiger partial charge in [-0.2, -0.15) is 4.99 Å². The topological polar surface area (TPSA) is 89.2 Å². The van der Waals surface area contributed by atoms with E-state index < -0.39 is 0 Å². The number of hydrogen-bond acceptors (Lipinski definition) is 6. The Kier molecular flexibility index (Phi) is 3.65. The van der Waals surface area contributed by atoms with Crippen molar-refractivity contribution in [3.63, 3.8) is 0 Å². The Morgan fingerprint density at radius 1 is 1.00 bits per heavy atom. The molecule has 0 spiro atoms. The van der Waals surface area contributed by atoms with E-state index in [1.807, 2.05) is 59.5 Å². The normalized spacial score (nSPS) is 17.7. The monoisotopic (exact) mass is 295 g/mol. The van der Waals surface area contributed by atoms with E-state index in [4.69, 9.17) is 16.2 Å². The molecule has 0 aromatic heterocycles. The predicted molar refractivity (Wildman–Crippen MR) is 87.9 cm³/mol. The lowest BCUT2D eigenvalue weighted by molar-refractivity contribution is 0.414. The third-order valence-corrected chi connectivity index (χ3v) is 3.42. The van der Waals surface area contributed by atoms with Crippen LogP contribution in [0, 0.1) is 0 Å². The summed E-state index contributed by atoms with van der Waals surface area (Å²) in [4.78, 5) is 10.3. The van der Waals surface area contributed by atoms with E-state index in [2.05, 4.69) is 9.98 Å². The van der Waals surface area contributed by atoms with E-state index in [0.717, 1.165) is 11.3 Å². The average Bonchev–Trinajstić information content (AvgIpc) is 2.55. The number of methoxy groups -OCH3 is 1. The van der Waals surface area contributed by atoms with Crippen LogP contribution >= 0.6 is 0 Å². The van der Waals surface area contributed by atoms with Crippen LogP contribution in [0.25, 0.3) is 0 Å². The largest absolute Gasteiger partial charge is 0.495 e. The first-order valence-corrected chi connectivity index (χ1v) is 6.85. The maximum absolute atomic E-state index is 6.11. The molecular formula is C16H17N5O. The third-order valence-electron chi connectivity index (χ3n) is 3.42. The van der Waals surface area contributed by atoms with Gasteiger partial charge in [-0.15, -0.1) is 0 Å². The molecule has 1 aliphatic heterocycles. The SMILES string of the molecule is COc1ccccc1N1C(N)=NC(N)=N[C@H]1c1ccccc1. The number of nitrogens with two attached hydrogens (primary N) is 2. The molecule has 0 amide bonds. The van der Waals surface area contributed by atoms with Crippen LogP contribution in [0.2, 0.25) is 0 Å². The molecule has 1 atom stereocenters. The molecule has 6 nitrogen and oxygen atoms in total. The van der Waals surface area contributed by atoms with Gasteiger partial charge in [-0.3, -0.25) is 4.90 Å². The quantitative estimate of drug-likeness (QED) is 0.904. The molecule has 112 valence electrons. The summed E-state index contributed by atoms with van der Waals surface area (Å²) in [6.45, 7) is 0. The number of rotatable bonds is 3. The Bertz CT molecular complexity index is 726. The predicted octanol–water partition coefficient (Wildman–Crippen LogP) is 1.84. The van der Waals surface area contributed by atoms with Crippen LogP contribution in [0.15, 0.2) is 64.6 Å². The molecule has 0 saturated carbocycles. The average molecular weight is 295 g/mol. The van der Waals surface area contributed by atoms with Gasteiger partial charge in [0.25, 0.3) is 0 Å². The number of nitrogens with zero attached hydrogens (tertiary/aromatic N) is 3. The van der Waals surface area contributed by atoms with Gasteiger partial charge in [0.1, 0.15) is 5.75 Å². The molecule has 22 heavy (non-hydrogen) atoms. The lowest BCUT2D eigenvalue weighted by Crippen LogP contribution is -2.44. The molecule has 6 heteroatoms. The van der Waals surface area contributed by atoms with Crippen molar-refractivity contribution in [1.82, 2.24) is 0 Å². The molecule has 3 rings (SSSR count). The Balaban J connectivity index is 2.12. The van der Waals surface area contributed by atoms with E-state index in [-0.39, 0.29) is 18.1 Å². The Hall–Kier alpha value is -3.02. The molecule has 2 aromatic carbocycles. The highest BCUT2D eigenvalue weighted by Gasteiger charge is 2.29. The first-order valence-electron chi connectivity index (χ1n) is 6.85. The van der Waals surface area contributed by atoms with Gasteiger partial charge in [0, 0.05) is 0 Å². The Morgan fingerprint density at radius 2 is 1.68 bits per heavy atom. The highest BCUT2D eigenvalue weighted by Crippen LogP contribution is 2.35. The van der Waals surface area contributed by atoms with Crippen molar-refractivity contribution in [3.8, 4) is 5.75 Å². The fourth-order valence-electron chi connectivity index (χ4n) is 2.44. The molecule has 1 aliphatic rings. The van der Waals surface area contributed by atoms with Crippen molar-refractivity contribution in [2.24, 2.45) is 21.5 Å². The van der Waals surface area contributed by atoms with E-state index in [9.17, 15) is 0 Å². The van der Waals surface area contributed by atoms with Crippen LogP contribution in [-0.2, 0) is 0 Å². The summed E-state index contributed by atoms with van der Waals surface area (Å²) in [6.07, 6.45) is -0.380. The van der Waals surface area contributed by atoms with Crippen LogP contribution in [0.1, 0.15) is 11.7 Å². The van der Waals surface area contributed by atoms with Crippen molar-refractivity contribution < 1.29 is 4.74 Å².